The van der Waals surface area contributed by atoms with Crippen LogP contribution in [0, 0.1) is 0 Å². The minimum Gasteiger partial charge on any atom is -0.326 e. The van der Waals surface area contributed by atoms with Gasteiger partial charge in [0.25, 0.3) is 0 Å². The normalized spacial score (nSPS) is 11.2. The lowest BCUT2D eigenvalue weighted by atomic mass is 9.96. The van der Waals surface area contributed by atoms with Crippen LogP contribution >= 0.6 is 0 Å². The molecule has 0 unspecified atom stereocenters. The fourth-order valence-corrected chi connectivity index (χ4v) is 1.44. The smallest absolute Gasteiger partial charge is 0.221 e. The van der Waals surface area contributed by atoms with E-state index in [-0.39, 0.29) is 11.4 Å². The Kier molecular flexibility index (Phi) is 3.48. The predicted molar refractivity (Wildman–Crippen MR) is 62.7 cm³/mol. The van der Waals surface area contributed by atoms with Crippen LogP contribution in [0.2, 0.25) is 0 Å². The van der Waals surface area contributed by atoms with E-state index < -0.39 is 0 Å². The van der Waals surface area contributed by atoms with Gasteiger partial charge in [-0.25, -0.2) is 0 Å². The molecule has 0 radical (unpaired) electrons. The number of anilines is 1. The van der Waals surface area contributed by atoms with Crippen LogP contribution in [-0.4, -0.2) is 11.4 Å². The number of carbonyl (C=O) groups excluding carboxylic acids is 1. The van der Waals surface area contributed by atoms with E-state index in [2.05, 4.69) is 5.32 Å². The number of nitrogens with one attached hydrogen (secondary N) is 1. The molecule has 0 spiro atoms. The molecule has 0 saturated heterocycles. The summed E-state index contributed by atoms with van der Waals surface area (Å²) in [5.74, 6) is -0.0538. The molecule has 0 aliphatic carbocycles. The zero-order chi connectivity index (χ0) is 11.5. The largest absolute Gasteiger partial charge is 0.326 e. The van der Waals surface area contributed by atoms with Crippen LogP contribution in [0.3, 0.4) is 0 Å². The molecule has 0 bridgehead atoms. The second-order valence-corrected chi connectivity index (χ2v) is 4.54. The average molecular weight is 206 g/mol. The quantitative estimate of drug-likeness (QED) is 0.794. The first-order valence-corrected chi connectivity index (χ1v) is 5.02. The lowest BCUT2D eigenvalue weighted by Crippen LogP contribution is -2.34. The third-order valence-electron chi connectivity index (χ3n) is 1.93. The average Bonchev–Trinajstić information content (AvgIpc) is 2.05. The molecule has 0 saturated carbocycles. The number of carbonyl (C=O) groups is 1. The lowest BCUT2D eigenvalue weighted by Gasteiger charge is -2.18. The first kappa shape index (κ1) is 11.7. The maximum Gasteiger partial charge on any atom is 0.221 e. The Bertz CT molecular complexity index is 336. The highest BCUT2D eigenvalue weighted by atomic mass is 16.1. The van der Waals surface area contributed by atoms with Crippen molar-refractivity contribution in [2.24, 2.45) is 5.73 Å². The van der Waals surface area contributed by atoms with E-state index in [1.54, 1.807) is 0 Å². The maximum atomic E-state index is 10.8. The van der Waals surface area contributed by atoms with Gasteiger partial charge in [-0.3, -0.25) is 4.79 Å². The van der Waals surface area contributed by atoms with Crippen LogP contribution in [-0.2, 0) is 11.2 Å². The minimum atomic E-state index is -0.199. The van der Waals surface area contributed by atoms with E-state index in [9.17, 15) is 4.79 Å². The van der Waals surface area contributed by atoms with Gasteiger partial charge in [0.2, 0.25) is 5.91 Å². The topological polar surface area (TPSA) is 55.1 Å². The number of benzene rings is 1. The van der Waals surface area contributed by atoms with E-state index in [0.29, 0.717) is 0 Å². The number of rotatable bonds is 3. The van der Waals surface area contributed by atoms with E-state index in [1.807, 2.05) is 38.1 Å². The summed E-state index contributed by atoms with van der Waals surface area (Å²) in [6.45, 7) is 5.49. The summed E-state index contributed by atoms with van der Waals surface area (Å²) in [4.78, 5) is 10.8. The Hall–Kier alpha value is -1.35. The zero-order valence-corrected chi connectivity index (χ0v) is 9.50. The molecular weight excluding hydrogens is 188 g/mol. The van der Waals surface area contributed by atoms with Gasteiger partial charge in [0.05, 0.1) is 0 Å². The second kappa shape index (κ2) is 4.45. The Balaban J connectivity index is 2.68. The van der Waals surface area contributed by atoms with Gasteiger partial charge >= 0.3 is 0 Å². The van der Waals surface area contributed by atoms with Crippen molar-refractivity contribution in [2.45, 2.75) is 32.7 Å². The van der Waals surface area contributed by atoms with Crippen molar-refractivity contribution in [2.75, 3.05) is 5.32 Å². The first-order valence-electron chi connectivity index (χ1n) is 5.02. The molecule has 1 aromatic rings. The molecule has 3 N–H and O–H groups in total. The lowest BCUT2D eigenvalue weighted by molar-refractivity contribution is -0.114. The summed E-state index contributed by atoms with van der Waals surface area (Å²) >= 11 is 0. The van der Waals surface area contributed by atoms with Crippen molar-refractivity contribution in [1.82, 2.24) is 0 Å². The van der Waals surface area contributed by atoms with Crippen molar-refractivity contribution in [3.05, 3.63) is 29.8 Å². The van der Waals surface area contributed by atoms with Gasteiger partial charge in [-0.05, 0) is 38.0 Å². The van der Waals surface area contributed by atoms with Crippen LogP contribution < -0.4 is 11.1 Å². The Morgan fingerprint density at radius 3 is 2.27 bits per heavy atom. The monoisotopic (exact) mass is 206 g/mol. The summed E-state index contributed by atoms with van der Waals surface area (Å²) in [5.41, 5.74) is 7.72. The van der Waals surface area contributed by atoms with Crippen molar-refractivity contribution in [3.63, 3.8) is 0 Å². The van der Waals surface area contributed by atoms with Gasteiger partial charge in [-0.2, -0.15) is 0 Å². The molecular formula is C12H18N2O. The van der Waals surface area contributed by atoms with Gasteiger partial charge in [0.1, 0.15) is 0 Å². The molecule has 15 heavy (non-hydrogen) atoms. The molecule has 0 fully saturated rings. The number of hydrogen-bond donors (Lipinski definition) is 2. The Morgan fingerprint density at radius 1 is 1.33 bits per heavy atom. The van der Waals surface area contributed by atoms with Crippen LogP contribution in [0.4, 0.5) is 5.69 Å². The predicted octanol–water partition coefficient (Wildman–Crippen LogP) is 1.92. The van der Waals surface area contributed by atoms with Crippen LogP contribution in [0.1, 0.15) is 26.3 Å². The molecule has 0 heterocycles. The molecule has 0 atom stereocenters. The summed E-state index contributed by atoms with van der Waals surface area (Å²) in [6.07, 6.45) is 0.827. The Labute approximate surface area is 90.7 Å². The van der Waals surface area contributed by atoms with E-state index in [1.165, 1.54) is 12.5 Å². The number of nitrogens with two attached hydrogens (primary N) is 1. The summed E-state index contributed by atoms with van der Waals surface area (Å²) in [6, 6.07) is 7.75. The standard InChI is InChI=1S/C12H18N2O/c1-9(15)14-11-6-4-10(5-7-11)8-12(2,3)13/h4-7H,8,13H2,1-3H3,(H,14,15). The Morgan fingerprint density at radius 2 is 1.87 bits per heavy atom. The van der Waals surface area contributed by atoms with Crippen molar-refractivity contribution in [1.29, 1.82) is 0 Å². The summed E-state index contributed by atoms with van der Waals surface area (Å²) in [5, 5.41) is 2.72. The molecule has 0 aliphatic rings. The molecule has 82 valence electrons. The third kappa shape index (κ3) is 4.61. The van der Waals surface area contributed by atoms with E-state index in [4.69, 9.17) is 5.73 Å². The highest BCUT2D eigenvalue weighted by molar-refractivity contribution is 5.88. The number of amides is 1. The molecule has 0 aliphatic heterocycles. The second-order valence-electron chi connectivity index (χ2n) is 4.54. The van der Waals surface area contributed by atoms with E-state index in [0.717, 1.165) is 12.1 Å². The van der Waals surface area contributed by atoms with Gasteiger partial charge < -0.3 is 11.1 Å². The molecule has 1 amide bonds. The van der Waals surface area contributed by atoms with Gasteiger partial charge in [0, 0.05) is 18.2 Å². The first-order chi connectivity index (χ1) is 6.87. The highest BCUT2D eigenvalue weighted by Gasteiger charge is 2.11. The zero-order valence-electron chi connectivity index (χ0n) is 9.50. The van der Waals surface area contributed by atoms with Crippen LogP contribution in [0.5, 0.6) is 0 Å². The minimum absolute atomic E-state index is 0.0538. The summed E-state index contributed by atoms with van der Waals surface area (Å²) in [7, 11) is 0. The third-order valence-corrected chi connectivity index (χ3v) is 1.93. The van der Waals surface area contributed by atoms with Gasteiger partial charge in [-0.15, -0.1) is 0 Å². The van der Waals surface area contributed by atoms with E-state index >= 15 is 0 Å². The van der Waals surface area contributed by atoms with Gasteiger partial charge in [-0.1, -0.05) is 12.1 Å². The van der Waals surface area contributed by atoms with Crippen molar-refractivity contribution >= 4 is 11.6 Å². The highest BCUT2D eigenvalue weighted by Crippen LogP contribution is 2.13. The molecule has 3 nitrogen and oxygen atoms in total. The fourth-order valence-electron chi connectivity index (χ4n) is 1.44. The number of hydrogen-bond acceptors (Lipinski definition) is 2. The molecule has 0 aromatic heterocycles. The maximum absolute atomic E-state index is 10.8. The molecule has 3 heteroatoms. The van der Waals surface area contributed by atoms with Gasteiger partial charge in [0.15, 0.2) is 0 Å². The van der Waals surface area contributed by atoms with Crippen LogP contribution in [0.15, 0.2) is 24.3 Å². The summed E-state index contributed by atoms with van der Waals surface area (Å²) < 4.78 is 0. The molecule has 1 rings (SSSR count). The fraction of sp³-hybridized carbons (Fsp3) is 0.417. The van der Waals surface area contributed by atoms with Crippen LogP contribution in [0.25, 0.3) is 0 Å². The van der Waals surface area contributed by atoms with Crippen molar-refractivity contribution < 1.29 is 4.79 Å². The van der Waals surface area contributed by atoms with Crippen molar-refractivity contribution in [3.8, 4) is 0 Å². The molecule has 1 aromatic carbocycles. The SMILES string of the molecule is CC(=O)Nc1ccc(CC(C)(C)N)cc1.